The highest BCUT2D eigenvalue weighted by Gasteiger charge is 2.23. The third-order valence-corrected chi connectivity index (χ3v) is 3.57. The fourth-order valence-electron chi connectivity index (χ4n) is 2.50. The molecule has 0 aliphatic carbocycles. The van der Waals surface area contributed by atoms with Crippen LogP contribution in [-0.2, 0) is 0 Å². The van der Waals surface area contributed by atoms with E-state index >= 15 is 0 Å². The minimum absolute atomic E-state index is 0.384. The Morgan fingerprint density at radius 3 is 2.84 bits per heavy atom. The third-order valence-electron chi connectivity index (χ3n) is 3.57. The number of nitrogens with two attached hydrogens (primary N) is 1. The highest BCUT2D eigenvalue weighted by Crippen LogP contribution is 2.40. The lowest BCUT2D eigenvalue weighted by Crippen LogP contribution is -2.21. The van der Waals surface area contributed by atoms with Crippen molar-refractivity contribution in [3.8, 4) is 16.9 Å². The average Bonchev–Trinajstić information content (AvgIpc) is 2.47. The number of hydrogen-bond acceptors (Lipinski definition) is 4. The maximum atomic E-state index is 5.86. The molecule has 1 aromatic carbocycles. The second-order valence-electron chi connectivity index (χ2n) is 4.81. The minimum Gasteiger partial charge on any atom is -0.493 e. The summed E-state index contributed by atoms with van der Waals surface area (Å²) < 4.78 is 5.86. The number of rotatable bonds is 2. The number of para-hydroxylation sites is 1. The SMILES string of the molecule is Cc1ncc(-c2cccc3c2OCCC3CN)cn1. The quantitative estimate of drug-likeness (QED) is 0.894. The first kappa shape index (κ1) is 12.1. The van der Waals surface area contributed by atoms with Crippen LogP contribution < -0.4 is 10.5 Å². The Hall–Kier alpha value is -1.94. The summed E-state index contributed by atoms with van der Waals surface area (Å²) in [6.07, 6.45) is 4.66. The lowest BCUT2D eigenvalue weighted by atomic mass is 9.90. The number of hydrogen-bond donors (Lipinski definition) is 1. The lowest BCUT2D eigenvalue weighted by Gasteiger charge is -2.26. The molecular formula is C15H17N3O. The van der Waals surface area contributed by atoms with Crippen molar-refractivity contribution in [2.24, 2.45) is 5.73 Å². The van der Waals surface area contributed by atoms with E-state index in [9.17, 15) is 0 Å². The molecule has 1 aromatic heterocycles. The van der Waals surface area contributed by atoms with Gasteiger partial charge in [0.05, 0.1) is 6.61 Å². The van der Waals surface area contributed by atoms with Crippen LogP contribution in [0, 0.1) is 6.92 Å². The number of aryl methyl sites for hydroxylation is 1. The summed E-state index contributed by atoms with van der Waals surface area (Å²) in [5.74, 6) is 2.10. The molecule has 1 aliphatic heterocycles. The summed E-state index contributed by atoms with van der Waals surface area (Å²) in [6, 6.07) is 6.20. The maximum absolute atomic E-state index is 5.86. The first-order valence-electron chi connectivity index (χ1n) is 6.54. The first-order chi connectivity index (χ1) is 9.29. The van der Waals surface area contributed by atoms with Crippen molar-refractivity contribution < 1.29 is 4.74 Å². The summed E-state index contributed by atoms with van der Waals surface area (Å²) >= 11 is 0. The molecule has 1 unspecified atom stereocenters. The zero-order valence-corrected chi connectivity index (χ0v) is 11.0. The van der Waals surface area contributed by atoms with E-state index in [0.717, 1.165) is 35.7 Å². The van der Waals surface area contributed by atoms with E-state index in [0.29, 0.717) is 12.5 Å². The van der Waals surface area contributed by atoms with E-state index in [2.05, 4.69) is 16.0 Å². The number of nitrogens with zero attached hydrogens (tertiary/aromatic N) is 2. The molecule has 0 bridgehead atoms. The van der Waals surface area contributed by atoms with Crippen molar-refractivity contribution in [2.45, 2.75) is 19.3 Å². The summed E-state index contributed by atoms with van der Waals surface area (Å²) in [7, 11) is 0. The largest absolute Gasteiger partial charge is 0.493 e. The Morgan fingerprint density at radius 1 is 1.32 bits per heavy atom. The Kier molecular flexibility index (Phi) is 3.17. The van der Waals surface area contributed by atoms with Crippen molar-refractivity contribution in [3.63, 3.8) is 0 Å². The Labute approximate surface area is 112 Å². The van der Waals surface area contributed by atoms with Crippen LogP contribution >= 0.6 is 0 Å². The normalized spacial score (nSPS) is 17.7. The van der Waals surface area contributed by atoms with Crippen LogP contribution in [0.2, 0.25) is 0 Å². The summed E-state index contributed by atoms with van der Waals surface area (Å²) in [6.45, 7) is 3.26. The Bertz CT molecular complexity index is 580. The molecule has 0 spiro atoms. The van der Waals surface area contributed by atoms with Crippen molar-refractivity contribution in [2.75, 3.05) is 13.2 Å². The summed E-state index contributed by atoms with van der Waals surface area (Å²) in [4.78, 5) is 8.50. The molecule has 1 atom stereocenters. The molecule has 4 nitrogen and oxygen atoms in total. The van der Waals surface area contributed by atoms with Crippen LogP contribution in [0.1, 0.15) is 23.7 Å². The zero-order valence-electron chi connectivity index (χ0n) is 11.0. The van der Waals surface area contributed by atoms with Gasteiger partial charge in [0.25, 0.3) is 0 Å². The summed E-state index contributed by atoms with van der Waals surface area (Å²) in [5, 5.41) is 0. The molecule has 0 saturated carbocycles. The van der Waals surface area contributed by atoms with Gasteiger partial charge in [-0.3, -0.25) is 0 Å². The van der Waals surface area contributed by atoms with Crippen molar-refractivity contribution in [1.29, 1.82) is 0 Å². The van der Waals surface area contributed by atoms with Gasteiger partial charge in [-0.1, -0.05) is 18.2 Å². The van der Waals surface area contributed by atoms with Crippen LogP contribution in [0.3, 0.4) is 0 Å². The predicted octanol–water partition coefficient (Wildman–Crippen LogP) is 2.28. The van der Waals surface area contributed by atoms with Gasteiger partial charge in [-0.15, -0.1) is 0 Å². The van der Waals surface area contributed by atoms with Gasteiger partial charge in [-0.25, -0.2) is 9.97 Å². The Morgan fingerprint density at radius 2 is 2.11 bits per heavy atom. The van der Waals surface area contributed by atoms with E-state index in [4.69, 9.17) is 10.5 Å². The van der Waals surface area contributed by atoms with Gasteiger partial charge < -0.3 is 10.5 Å². The van der Waals surface area contributed by atoms with Crippen molar-refractivity contribution >= 4 is 0 Å². The van der Waals surface area contributed by atoms with E-state index in [1.165, 1.54) is 5.56 Å². The third kappa shape index (κ3) is 2.19. The van der Waals surface area contributed by atoms with E-state index in [1.807, 2.05) is 31.5 Å². The number of ether oxygens (including phenoxy) is 1. The van der Waals surface area contributed by atoms with E-state index in [1.54, 1.807) is 0 Å². The molecule has 4 heteroatoms. The smallest absolute Gasteiger partial charge is 0.130 e. The molecule has 98 valence electrons. The molecule has 0 saturated heterocycles. The second-order valence-corrected chi connectivity index (χ2v) is 4.81. The molecule has 19 heavy (non-hydrogen) atoms. The Balaban J connectivity index is 2.10. The molecular weight excluding hydrogens is 238 g/mol. The van der Waals surface area contributed by atoms with Crippen LogP contribution in [0.25, 0.3) is 11.1 Å². The molecule has 2 heterocycles. The molecule has 2 N–H and O–H groups in total. The predicted molar refractivity (Wildman–Crippen MR) is 74.1 cm³/mol. The standard InChI is InChI=1S/C15H17N3O/c1-10-17-8-12(9-18-10)14-4-2-3-13-11(7-16)5-6-19-15(13)14/h2-4,8-9,11H,5-7,16H2,1H3. The highest BCUT2D eigenvalue weighted by atomic mass is 16.5. The molecule has 0 fully saturated rings. The molecule has 0 radical (unpaired) electrons. The fraction of sp³-hybridized carbons (Fsp3) is 0.333. The van der Waals surface area contributed by atoms with Gasteiger partial charge in [0.15, 0.2) is 0 Å². The first-order valence-corrected chi connectivity index (χ1v) is 6.54. The molecule has 0 amide bonds. The zero-order chi connectivity index (χ0) is 13.2. The highest BCUT2D eigenvalue weighted by molar-refractivity contribution is 5.71. The van der Waals surface area contributed by atoms with Gasteiger partial charge in [0.1, 0.15) is 11.6 Å². The van der Waals surface area contributed by atoms with E-state index in [-0.39, 0.29) is 0 Å². The summed E-state index contributed by atoms with van der Waals surface area (Å²) in [5.41, 5.74) is 9.08. The maximum Gasteiger partial charge on any atom is 0.130 e. The van der Waals surface area contributed by atoms with Gasteiger partial charge in [-0.05, 0) is 25.5 Å². The lowest BCUT2D eigenvalue weighted by molar-refractivity contribution is 0.270. The fourth-order valence-corrected chi connectivity index (χ4v) is 2.50. The van der Waals surface area contributed by atoms with Gasteiger partial charge >= 0.3 is 0 Å². The van der Waals surface area contributed by atoms with Crippen LogP contribution in [0.15, 0.2) is 30.6 Å². The minimum atomic E-state index is 0.384. The number of fused-ring (bicyclic) bond motifs is 1. The molecule has 3 rings (SSSR count). The van der Waals surface area contributed by atoms with Crippen molar-refractivity contribution in [1.82, 2.24) is 9.97 Å². The van der Waals surface area contributed by atoms with Gasteiger partial charge in [-0.2, -0.15) is 0 Å². The molecule has 1 aliphatic rings. The molecule has 2 aromatic rings. The van der Waals surface area contributed by atoms with Crippen LogP contribution in [0.4, 0.5) is 0 Å². The van der Waals surface area contributed by atoms with Crippen molar-refractivity contribution in [3.05, 3.63) is 42.0 Å². The monoisotopic (exact) mass is 255 g/mol. The van der Waals surface area contributed by atoms with Crippen LogP contribution in [0.5, 0.6) is 5.75 Å². The van der Waals surface area contributed by atoms with Gasteiger partial charge in [0.2, 0.25) is 0 Å². The van der Waals surface area contributed by atoms with Crippen LogP contribution in [-0.4, -0.2) is 23.1 Å². The topological polar surface area (TPSA) is 61.0 Å². The second kappa shape index (κ2) is 4.97. The number of aromatic nitrogens is 2. The van der Waals surface area contributed by atoms with E-state index < -0.39 is 0 Å². The number of benzene rings is 1. The average molecular weight is 255 g/mol. The van der Waals surface area contributed by atoms with Gasteiger partial charge in [0, 0.05) is 29.4 Å².